The van der Waals surface area contributed by atoms with Crippen LogP contribution in [0.4, 0.5) is 0 Å². The smallest absolute Gasteiger partial charge is 0.220 e. The van der Waals surface area contributed by atoms with Crippen molar-refractivity contribution in [1.82, 2.24) is 0 Å². The summed E-state index contributed by atoms with van der Waals surface area (Å²) < 4.78 is 35.4. The highest BCUT2D eigenvalue weighted by Crippen LogP contribution is 2.45. The quantitative estimate of drug-likeness (QED) is 0.754. The monoisotopic (exact) mass is 329 g/mol. The van der Waals surface area contributed by atoms with Crippen LogP contribution in [-0.4, -0.2) is 62.5 Å². The number of nitrogens with two attached hydrogens (primary N) is 1. The van der Waals surface area contributed by atoms with E-state index in [1.165, 1.54) is 0 Å². The molecule has 0 amide bonds. The van der Waals surface area contributed by atoms with Crippen molar-refractivity contribution in [1.29, 1.82) is 0 Å². The molecule has 3 rings (SSSR count). The summed E-state index contributed by atoms with van der Waals surface area (Å²) in [6, 6.07) is -0.337. The van der Waals surface area contributed by atoms with E-state index in [4.69, 9.17) is 34.2 Å². The van der Waals surface area contributed by atoms with Crippen molar-refractivity contribution in [2.45, 2.75) is 69.4 Å². The highest BCUT2D eigenvalue weighted by atomic mass is 16.8. The molecule has 0 unspecified atom stereocenters. The molecule has 2 aliphatic heterocycles. The van der Waals surface area contributed by atoms with Crippen LogP contribution in [0.3, 0.4) is 0 Å². The fourth-order valence-corrected chi connectivity index (χ4v) is 3.38. The Hall–Kier alpha value is -0.540. The molecule has 23 heavy (non-hydrogen) atoms. The molecule has 3 aliphatic rings. The van der Waals surface area contributed by atoms with Gasteiger partial charge in [-0.05, 0) is 33.3 Å². The molecule has 132 valence electrons. The summed E-state index contributed by atoms with van der Waals surface area (Å²) in [7, 11) is 3.12. The maximum atomic E-state index is 6.29. The minimum absolute atomic E-state index is 0.292. The van der Waals surface area contributed by atoms with E-state index >= 15 is 0 Å². The molecular weight excluding hydrogens is 302 g/mol. The number of methoxy groups -OCH3 is 2. The third-order valence-electron chi connectivity index (χ3n) is 5.10. The molecule has 0 saturated carbocycles. The summed E-state index contributed by atoms with van der Waals surface area (Å²) >= 11 is 0. The fraction of sp³-hybridized carbons (Fsp3) is 0.875. The van der Waals surface area contributed by atoms with E-state index in [1.54, 1.807) is 28.1 Å². The van der Waals surface area contributed by atoms with Crippen molar-refractivity contribution in [3.8, 4) is 0 Å². The van der Waals surface area contributed by atoms with Crippen molar-refractivity contribution < 1.29 is 28.4 Å². The summed E-state index contributed by atoms with van der Waals surface area (Å²) in [6.45, 7) is 7.80. The second-order valence-electron chi connectivity index (χ2n) is 7.01. The molecule has 2 heterocycles. The lowest BCUT2D eigenvalue weighted by atomic mass is 9.85. The first-order valence-electron chi connectivity index (χ1n) is 7.88. The van der Waals surface area contributed by atoms with Gasteiger partial charge in [0.1, 0.15) is 18.3 Å². The molecule has 1 aliphatic carbocycles. The van der Waals surface area contributed by atoms with E-state index in [0.717, 1.165) is 5.57 Å². The number of ether oxygens (including phenoxy) is 6. The summed E-state index contributed by atoms with van der Waals surface area (Å²) in [6.07, 6.45) is 0.849. The van der Waals surface area contributed by atoms with E-state index in [2.05, 4.69) is 0 Å². The van der Waals surface area contributed by atoms with Crippen molar-refractivity contribution >= 4 is 0 Å². The number of hydrogen-bond donors (Lipinski definition) is 1. The molecule has 0 aromatic carbocycles. The Labute approximate surface area is 137 Å². The molecular formula is C16H27NO6. The average molecular weight is 329 g/mol. The van der Waals surface area contributed by atoms with Gasteiger partial charge < -0.3 is 34.2 Å². The molecule has 0 aromatic heterocycles. The van der Waals surface area contributed by atoms with Crippen molar-refractivity contribution in [2.75, 3.05) is 20.8 Å². The zero-order chi connectivity index (χ0) is 17.0. The van der Waals surface area contributed by atoms with Gasteiger partial charge in [-0.2, -0.15) is 0 Å². The highest BCUT2D eigenvalue weighted by molar-refractivity contribution is 5.25. The van der Waals surface area contributed by atoms with Crippen molar-refractivity contribution in [3.63, 3.8) is 0 Å². The van der Waals surface area contributed by atoms with Crippen LogP contribution in [0, 0.1) is 0 Å². The first-order valence-corrected chi connectivity index (χ1v) is 7.88. The minimum Gasteiger partial charge on any atom is -0.349 e. The van der Waals surface area contributed by atoms with Gasteiger partial charge in [0.05, 0.1) is 12.6 Å². The Morgan fingerprint density at radius 2 is 1.57 bits per heavy atom. The zero-order valence-electron chi connectivity index (χ0n) is 14.6. The third-order valence-corrected chi connectivity index (χ3v) is 5.10. The number of fused-ring (bicyclic) bond motifs is 3. The second kappa shape index (κ2) is 5.49. The SMILES string of the molecule is CO[C@]1(C)O[C@@H]2[C@@H](O[C@@]1(C)OC)[C@@H](N)C=C1COC(C)(C)O[C@H]12. The first kappa shape index (κ1) is 17.3. The van der Waals surface area contributed by atoms with Gasteiger partial charge in [-0.1, -0.05) is 6.08 Å². The molecule has 0 spiro atoms. The third kappa shape index (κ3) is 2.64. The van der Waals surface area contributed by atoms with Crippen LogP contribution in [0.1, 0.15) is 27.7 Å². The normalized spacial score (nSPS) is 49.1. The summed E-state index contributed by atoms with van der Waals surface area (Å²) in [5.74, 6) is -2.85. The maximum Gasteiger partial charge on any atom is 0.220 e. The average Bonchev–Trinajstić information content (AvgIpc) is 2.50. The van der Waals surface area contributed by atoms with Gasteiger partial charge >= 0.3 is 0 Å². The van der Waals surface area contributed by atoms with E-state index in [9.17, 15) is 0 Å². The van der Waals surface area contributed by atoms with Gasteiger partial charge in [-0.15, -0.1) is 0 Å². The molecule has 2 N–H and O–H groups in total. The number of hydrogen-bond acceptors (Lipinski definition) is 7. The van der Waals surface area contributed by atoms with Gasteiger partial charge in [-0.3, -0.25) is 0 Å². The summed E-state index contributed by atoms with van der Waals surface area (Å²) in [5, 5.41) is 0. The molecule has 7 nitrogen and oxygen atoms in total. The Bertz CT molecular complexity index is 509. The van der Waals surface area contributed by atoms with E-state index in [0.29, 0.717) is 6.61 Å². The van der Waals surface area contributed by atoms with Gasteiger partial charge in [0.25, 0.3) is 0 Å². The Morgan fingerprint density at radius 3 is 2.13 bits per heavy atom. The highest BCUT2D eigenvalue weighted by Gasteiger charge is 2.61. The van der Waals surface area contributed by atoms with Gasteiger partial charge in [0, 0.05) is 14.2 Å². The van der Waals surface area contributed by atoms with Gasteiger partial charge in [0.15, 0.2) is 5.79 Å². The predicted molar refractivity (Wildman–Crippen MR) is 81.5 cm³/mol. The summed E-state index contributed by atoms with van der Waals surface area (Å²) in [4.78, 5) is 0. The topological polar surface area (TPSA) is 81.4 Å². The van der Waals surface area contributed by atoms with Crippen LogP contribution in [0.25, 0.3) is 0 Å². The minimum atomic E-state index is -1.09. The van der Waals surface area contributed by atoms with Crippen LogP contribution in [0.5, 0.6) is 0 Å². The first-order chi connectivity index (χ1) is 10.6. The Morgan fingerprint density at radius 1 is 1.00 bits per heavy atom. The Balaban J connectivity index is 1.96. The van der Waals surface area contributed by atoms with Crippen LogP contribution >= 0.6 is 0 Å². The van der Waals surface area contributed by atoms with E-state index in [-0.39, 0.29) is 12.1 Å². The second-order valence-corrected chi connectivity index (χ2v) is 7.01. The standard InChI is InChI=1S/C16H27NO6/c1-14(2)20-8-9-7-10(17)12-13(11(9)21-14)23-16(4,19-6)15(3,18-5)22-12/h7,10-13H,8,17H2,1-6H3/t10-,11+,12-,13-,15+,16+/m0/s1. The summed E-state index contributed by atoms with van der Waals surface area (Å²) in [5.41, 5.74) is 7.25. The fourth-order valence-electron chi connectivity index (χ4n) is 3.38. The lowest BCUT2D eigenvalue weighted by Gasteiger charge is -2.57. The van der Waals surface area contributed by atoms with Crippen LogP contribution < -0.4 is 5.73 Å². The largest absolute Gasteiger partial charge is 0.349 e. The van der Waals surface area contributed by atoms with Crippen molar-refractivity contribution in [3.05, 3.63) is 11.6 Å². The zero-order valence-corrected chi connectivity index (χ0v) is 14.6. The van der Waals surface area contributed by atoms with Gasteiger partial charge in [-0.25, -0.2) is 0 Å². The molecule has 6 atom stereocenters. The molecule has 2 saturated heterocycles. The van der Waals surface area contributed by atoms with Crippen LogP contribution in [0.15, 0.2) is 11.6 Å². The molecule has 2 fully saturated rings. The Kier molecular flexibility index (Phi) is 4.12. The molecule has 0 aromatic rings. The number of rotatable bonds is 2. The van der Waals surface area contributed by atoms with E-state index < -0.39 is 29.6 Å². The van der Waals surface area contributed by atoms with E-state index in [1.807, 2.05) is 19.9 Å². The molecule has 0 radical (unpaired) electrons. The van der Waals surface area contributed by atoms with Crippen LogP contribution in [-0.2, 0) is 28.4 Å². The van der Waals surface area contributed by atoms with Gasteiger partial charge in [0.2, 0.25) is 11.6 Å². The lowest BCUT2D eigenvalue weighted by Crippen LogP contribution is -2.72. The molecule has 0 bridgehead atoms. The molecule has 7 heteroatoms. The maximum absolute atomic E-state index is 6.29. The lowest BCUT2D eigenvalue weighted by molar-refractivity contribution is -0.460. The predicted octanol–water partition coefficient (Wildman–Crippen LogP) is 0.914. The van der Waals surface area contributed by atoms with Crippen LogP contribution in [0.2, 0.25) is 0 Å². The van der Waals surface area contributed by atoms with Crippen molar-refractivity contribution in [2.24, 2.45) is 5.73 Å².